The van der Waals surface area contributed by atoms with Crippen LogP contribution in [0.3, 0.4) is 0 Å². The molecule has 16 heavy (non-hydrogen) atoms. The Morgan fingerprint density at radius 1 is 1.31 bits per heavy atom. The van der Waals surface area contributed by atoms with E-state index in [4.69, 9.17) is 0 Å². The molecule has 3 nitrogen and oxygen atoms in total. The first kappa shape index (κ1) is 11.1. The minimum atomic E-state index is -0.168. The molecule has 1 fully saturated rings. The smallest absolute Gasteiger partial charge is 0.251 e. The van der Waals surface area contributed by atoms with Crippen molar-refractivity contribution in [3.63, 3.8) is 0 Å². The average Bonchev–Trinajstić information content (AvgIpc) is 2.73. The normalized spacial score (nSPS) is 24.3. The Kier molecular flexibility index (Phi) is 3.57. The minimum absolute atomic E-state index is 0.0259. The van der Waals surface area contributed by atoms with Gasteiger partial charge in [-0.1, -0.05) is 18.2 Å². The van der Waals surface area contributed by atoms with E-state index in [-0.39, 0.29) is 12.0 Å². The number of amides is 1. The topological polar surface area (TPSA) is 49.3 Å². The van der Waals surface area contributed by atoms with Crippen LogP contribution >= 0.6 is 0 Å². The summed E-state index contributed by atoms with van der Waals surface area (Å²) < 4.78 is 0. The summed E-state index contributed by atoms with van der Waals surface area (Å²) in [7, 11) is 0. The van der Waals surface area contributed by atoms with Gasteiger partial charge in [0.15, 0.2) is 0 Å². The van der Waals surface area contributed by atoms with Crippen LogP contribution < -0.4 is 5.32 Å². The van der Waals surface area contributed by atoms with Gasteiger partial charge in [-0.2, -0.15) is 0 Å². The van der Waals surface area contributed by atoms with Gasteiger partial charge in [0.25, 0.3) is 5.91 Å². The van der Waals surface area contributed by atoms with Crippen molar-refractivity contribution in [1.29, 1.82) is 0 Å². The molecule has 2 rings (SSSR count). The van der Waals surface area contributed by atoms with E-state index in [1.165, 1.54) is 0 Å². The molecule has 1 amide bonds. The second-order valence-corrected chi connectivity index (χ2v) is 4.41. The third-order valence-corrected chi connectivity index (χ3v) is 3.10. The maximum atomic E-state index is 11.7. The number of rotatable bonds is 3. The zero-order valence-corrected chi connectivity index (χ0v) is 9.23. The number of aliphatic hydroxyl groups is 1. The van der Waals surface area contributed by atoms with Crippen LogP contribution in [0, 0.1) is 5.92 Å². The Morgan fingerprint density at radius 3 is 2.69 bits per heavy atom. The molecule has 0 spiro atoms. The van der Waals surface area contributed by atoms with E-state index < -0.39 is 0 Å². The SMILES string of the molecule is O=C(NCC1CCC(O)C1)c1ccccc1. The first-order chi connectivity index (χ1) is 7.75. The van der Waals surface area contributed by atoms with Crippen molar-refractivity contribution in [2.75, 3.05) is 6.54 Å². The lowest BCUT2D eigenvalue weighted by Gasteiger charge is -2.10. The van der Waals surface area contributed by atoms with Gasteiger partial charge in [0, 0.05) is 12.1 Å². The molecule has 1 aromatic rings. The maximum absolute atomic E-state index is 11.7. The summed E-state index contributed by atoms with van der Waals surface area (Å²) in [5, 5.41) is 12.3. The lowest BCUT2D eigenvalue weighted by Crippen LogP contribution is -2.28. The summed E-state index contributed by atoms with van der Waals surface area (Å²) in [5.41, 5.74) is 0.695. The number of carbonyl (C=O) groups is 1. The molecule has 2 atom stereocenters. The summed E-state index contributed by atoms with van der Waals surface area (Å²) in [5.74, 6) is 0.407. The Labute approximate surface area is 95.5 Å². The molecular formula is C13H17NO2. The van der Waals surface area contributed by atoms with Gasteiger partial charge in [-0.25, -0.2) is 0 Å². The molecule has 0 heterocycles. The van der Waals surface area contributed by atoms with E-state index >= 15 is 0 Å². The number of carbonyl (C=O) groups excluding carboxylic acids is 1. The highest BCUT2D eigenvalue weighted by atomic mass is 16.3. The van der Waals surface area contributed by atoms with E-state index in [1.807, 2.05) is 18.2 Å². The van der Waals surface area contributed by atoms with Gasteiger partial charge in [0.05, 0.1) is 6.10 Å². The highest BCUT2D eigenvalue weighted by Gasteiger charge is 2.22. The van der Waals surface area contributed by atoms with Gasteiger partial charge < -0.3 is 10.4 Å². The highest BCUT2D eigenvalue weighted by Crippen LogP contribution is 2.24. The Bertz CT molecular complexity index is 350. The quantitative estimate of drug-likeness (QED) is 0.810. The Morgan fingerprint density at radius 2 is 2.06 bits per heavy atom. The number of hydrogen-bond acceptors (Lipinski definition) is 2. The summed E-state index contributed by atoms with van der Waals surface area (Å²) >= 11 is 0. The second kappa shape index (κ2) is 5.12. The van der Waals surface area contributed by atoms with E-state index in [0.29, 0.717) is 18.0 Å². The molecule has 1 aromatic carbocycles. The highest BCUT2D eigenvalue weighted by molar-refractivity contribution is 5.94. The van der Waals surface area contributed by atoms with E-state index in [0.717, 1.165) is 19.3 Å². The molecular weight excluding hydrogens is 202 g/mol. The number of hydrogen-bond donors (Lipinski definition) is 2. The zero-order chi connectivity index (χ0) is 11.4. The molecule has 0 radical (unpaired) electrons. The first-order valence-electron chi connectivity index (χ1n) is 5.77. The molecule has 0 aromatic heterocycles. The van der Waals surface area contributed by atoms with Crippen molar-refractivity contribution in [3.8, 4) is 0 Å². The summed E-state index contributed by atoms with van der Waals surface area (Å²) in [6.45, 7) is 0.671. The van der Waals surface area contributed by atoms with Crippen LogP contribution in [0.1, 0.15) is 29.6 Å². The van der Waals surface area contributed by atoms with E-state index in [2.05, 4.69) is 5.32 Å². The lowest BCUT2D eigenvalue weighted by molar-refractivity contribution is 0.0945. The largest absolute Gasteiger partial charge is 0.393 e. The fraction of sp³-hybridized carbons (Fsp3) is 0.462. The van der Waals surface area contributed by atoms with Crippen molar-refractivity contribution in [3.05, 3.63) is 35.9 Å². The van der Waals surface area contributed by atoms with Crippen LogP contribution in [0.2, 0.25) is 0 Å². The van der Waals surface area contributed by atoms with Crippen LogP contribution in [0.4, 0.5) is 0 Å². The summed E-state index contributed by atoms with van der Waals surface area (Å²) in [6, 6.07) is 9.21. The fourth-order valence-corrected chi connectivity index (χ4v) is 2.16. The van der Waals surface area contributed by atoms with Gasteiger partial charge >= 0.3 is 0 Å². The van der Waals surface area contributed by atoms with Crippen molar-refractivity contribution in [1.82, 2.24) is 5.32 Å². The van der Waals surface area contributed by atoms with Crippen LogP contribution in [0.25, 0.3) is 0 Å². The van der Waals surface area contributed by atoms with Gasteiger partial charge in [0.2, 0.25) is 0 Å². The van der Waals surface area contributed by atoms with Gasteiger partial charge in [-0.3, -0.25) is 4.79 Å². The first-order valence-corrected chi connectivity index (χ1v) is 5.77. The molecule has 0 saturated heterocycles. The van der Waals surface area contributed by atoms with Crippen molar-refractivity contribution < 1.29 is 9.90 Å². The predicted molar refractivity (Wildman–Crippen MR) is 62.1 cm³/mol. The molecule has 2 unspecified atom stereocenters. The van der Waals surface area contributed by atoms with Crippen molar-refractivity contribution >= 4 is 5.91 Å². The molecule has 1 saturated carbocycles. The van der Waals surface area contributed by atoms with Gasteiger partial charge in [0.1, 0.15) is 0 Å². The molecule has 1 aliphatic rings. The van der Waals surface area contributed by atoms with Crippen LogP contribution in [0.5, 0.6) is 0 Å². The molecule has 0 bridgehead atoms. The third-order valence-electron chi connectivity index (χ3n) is 3.10. The van der Waals surface area contributed by atoms with Crippen LogP contribution in [-0.4, -0.2) is 23.7 Å². The Hall–Kier alpha value is -1.35. The lowest BCUT2D eigenvalue weighted by atomic mass is 10.1. The number of nitrogens with one attached hydrogen (secondary N) is 1. The second-order valence-electron chi connectivity index (χ2n) is 4.41. The van der Waals surface area contributed by atoms with E-state index in [9.17, 15) is 9.90 Å². The van der Waals surface area contributed by atoms with E-state index in [1.54, 1.807) is 12.1 Å². The van der Waals surface area contributed by atoms with Crippen molar-refractivity contribution in [2.45, 2.75) is 25.4 Å². The zero-order valence-electron chi connectivity index (χ0n) is 9.23. The van der Waals surface area contributed by atoms with Crippen molar-refractivity contribution in [2.24, 2.45) is 5.92 Å². The van der Waals surface area contributed by atoms with Gasteiger partial charge in [-0.05, 0) is 37.3 Å². The molecule has 0 aliphatic heterocycles. The van der Waals surface area contributed by atoms with Crippen LogP contribution in [0.15, 0.2) is 30.3 Å². The molecule has 3 heteroatoms. The fourth-order valence-electron chi connectivity index (χ4n) is 2.16. The minimum Gasteiger partial charge on any atom is -0.393 e. The number of benzene rings is 1. The summed E-state index contributed by atoms with van der Waals surface area (Å²) in [4.78, 5) is 11.7. The average molecular weight is 219 g/mol. The maximum Gasteiger partial charge on any atom is 0.251 e. The monoisotopic (exact) mass is 219 g/mol. The predicted octanol–water partition coefficient (Wildman–Crippen LogP) is 1.58. The van der Waals surface area contributed by atoms with Gasteiger partial charge in [-0.15, -0.1) is 0 Å². The standard InChI is InChI=1S/C13H17NO2/c15-12-7-6-10(8-12)9-14-13(16)11-4-2-1-3-5-11/h1-5,10,12,15H,6-9H2,(H,14,16). The molecule has 86 valence electrons. The molecule has 2 N–H and O–H groups in total. The summed E-state index contributed by atoms with van der Waals surface area (Å²) in [6.07, 6.45) is 2.52. The number of aliphatic hydroxyl groups excluding tert-OH is 1. The molecule has 1 aliphatic carbocycles. The third kappa shape index (κ3) is 2.83. The van der Waals surface area contributed by atoms with Crippen LogP contribution in [-0.2, 0) is 0 Å². The Balaban J connectivity index is 1.80.